The number of anilines is 1. The number of nitrogens with zero attached hydrogens (tertiary/aromatic N) is 1. The van der Waals surface area contributed by atoms with Gasteiger partial charge in [-0.3, -0.25) is 4.79 Å². The number of hydrogen-bond donors (Lipinski definition) is 1. The number of carbonyl (C=O) groups is 1. The second kappa shape index (κ2) is 5.21. The first-order valence-corrected chi connectivity index (χ1v) is 5.59. The van der Waals surface area contributed by atoms with Crippen LogP contribution >= 0.6 is 11.6 Å². The van der Waals surface area contributed by atoms with E-state index in [9.17, 15) is 4.79 Å². The van der Waals surface area contributed by atoms with Crippen LogP contribution in [-0.2, 0) is 0 Å². The second-order valence-corrected chi connectivity index (χ2v) is 4.79. The Hall–Kier alpha value is -1.22. The summed E-state index contributed by atoms with van der Waals surface area (Å²) in [6.45, 7) is 4.84. The Morgan fingerprint density at radius 2 is 2.06 bits per heavy atom. The average Bonchev–Trinajstić information content (AvgIpc) is 2.13. The maximum Gasteiger partial charge on any atom is 0.253 e. The summed E-state index contributed by atoms with van der Waals surface area (Å²) < 4.78 is 0. The van der Waals surface area contributed by atoms with Gasteiger partial charge in [-0.25, -0.2) is 0 Å². The van der Waals surface area contributed by atoms with Crippen LogP contribution in [0.25, 0.3) is 0 Å². The molecule has 0 radical (unpaired) electrons. The molecule has 3 nitrogen and oxygen atoms in total. The molecule has 0 aromatic heterocycles. The third kappa shape index (κ3) is 3.42. The molecule has 0 atom stereocenters. The summed E-state index contributed by atoms with van der Waals surface area (Å²) in [7, 11) is 1.78. The van der Waals surface area contributed by atoms with Gasteiger partial charge < -0.3 is 10.6 Å². The molecule has 2 N–H and O–H groups in total. The molecule has 0 aliphatic carbocycles. The molecular formula is C12H17ClN2O. The standard InChI is InChI=1S/C12H17ClN2O/c1-8(2)7-15(3)12(16)9-4-10(13)6-11(14)5-9/h4-6,8H,7,14H2,1-3H3. The summed E-state index contributed by atoms with van der Waals surface area (Å²) in [6, 6.07) is 4.91. The van der Waals surface area contributed by atoms with Crippen LogP contribution in [0.5, 0.6) is 0 Å². The van der Waals surface area contributed by atoms with E-state index in [1.54, 1.807) is 30.1 Å². The second-order valence-electron chi connectivity index (χ2n) is 4.35. The summed E-state index contributed by atoms with van der Waals surface area (Å²) in [5.41, 5.74) is 6.69. The van der Waals surface area contributed by atoms with Gasteiger partial charge in [-0.15, -0.1) is 0 Å². The molecule has 0 aliphatic rings. The van der Waals surface area contributed by atoms with Gasteiger partial charge in [0.1, 0.15) is 0 Å². The SMILES string of the molecule is CC(C)CN(C)C(=O)c1cc(N)cc(Cl)c1. The lowest BCUT2D eigenvalue weighted by Crippen LogP contribution is -2.30. The molecule has 0 bridgehead atoms. The van der Waals surface area contributed by atoms with E-state index in [1.807, 2.05) is 0 Å². The van der Waals surface area contributed by atoms with Gasteiger partial charge in [-0.05, 0) is 24.1 Å². The highest BCUT2D eigenvalue weighted by molar-refractivity contribution is 6.31. The van der Waals surface area contributed by atoms with Gasteiger partial charge in [-0.2, -0.15) is 0 Å². The van der Waals surface area contributed by atoms with Crippen molar-refractivity contribution in [3.8, 4) is 0 Å². The third-order valence-electron chi connectivity index (χ3n) is 2.15. The number of rotatable bonds is 3. The highest BCUT2D eigenvalue weighted by Gasteiger charge is 2.13. The summed E-state index contributed by atoms with van der Waals surface area (Å²) in [6.07, 6.45) is 0. The van der Waals surface area contributed by atoms with Crippen LogP contribution in [0.1, 0.15) is 24.2 Å². The van der Waals surface area contributed by atoms with Gasteiger partial charge >= 0.3 is 0 Å². The Labute approximate surface area is 101 Å². The molecule has 88 valence electrons. The summed E-state index contributed by atoms with van der Waals surface area (Å²) in [5, 5.41) is 0.487. The maximum atomic E-state index is 12.0. The van der Waals surface area contributed by atoms with E-state index >= 15 is 0 Å². The number of hydrogen-bond acceptors (Lipinski definition) is 2. The highest BCUT2D eigenvalue weighted by Crippen LogP contribution is 2.18. The molecular weight excluding hydrogens is 224 g/mol. The number of halogens is 1. The Balaban J connectivity index is 2.87. The zero-order chi connectivity index (χ0) is 12.3. The Morgan fingerprint density at radius 1 is 1.44 bits per heavy atom. The Kier molecular flexibility index (Phi) is 4.19. The van der Waals surface area contributed by atoms with Gasteiger partial charge in [0, 0.05) is 29.9 Å². The lowest BCUT2D eigenvalue weighted by Gasteiger charge is -2.19. The molecule has 0 spiro atoms. The van der Waals surface area contributed by atoms with Gasteiger partial charge in [0.15, 0.2) is 0 Å². The first-order valence-electron chi connectivity index (χ1n) is 5.21. The fourth-order valence-corrected chi connectivity index (χ4v) is 1.83. The zero-order valence-electron chi connectivity index (χ0n) is 9.83. The van der Waals surface area contributed by atoms with E-state index < -0.39 is 0 Å². The monoisotopic (exact) mass is 240 g/mol. The number of benzene rings is 1. The van der Waals surface area contributed by atoms with Gasteiger partial charge in [0.25, 0.3) is 5.91 Å². The fourth-order valence-electron chi connectivity index (χ4n) is 1.59. The number of nitrogen functional groups attached to an aromatic ring is 1. The Morgan fingerprint density at radius 3 is 2.56 bits per heavy atom. The van der Waals surface area contributed by atoms with E-state index in [0.717, 1.165) is 0 Å². The van der Waals surface area contributed by atoms with Crippen molar-refractivity contribution in [3.63, 3.8) is 0 Å². The molecule has 1 aromatic carbocycles. The van der Waals surface area contributed by atoms with E-state index in [-0.39, 0.29) is 5.91 Å². The third-order valence-corrected chi connectivity index (χ3v) is 2.37. The molecule has 16 heavy (non-hydrogen) atoms. The molecule has 4 heteroatoms. The summed E-state index contributed by atoms with van der Waals surface area (Å²) in [5.74, 6) is 0.383. The largest absolute Gasteiger partial charge is 0.399 e. The molecule has 0 aliphatic heterocycles. The first-order chi connectivity index (χ1) is 7.40. The van der Waals surface area contributed by atoms with Crippen molar-refractivity contribution in [1.29, 1.82) is 0 Å². The van der Waals surface area contributed by atoms with Gasteiger partial charge in [-0.1, -0.05) is 25.4 Å². The predicted octanol–water partition coefficient (Wildman–Crippen LogP) is 2.65. The van der Waals surface area contributed by atoms with E-state index in [1.165, 1.54) is 0 Å². The molecule has 0 saturated carbocycles. The van der Waals surface area contributed by atoms with Crippen LogP contribution in [0.2, 0.25) is 5.02 Å². The van der Waals surface area contributed by atoms with Crippen molar-refractivity contribution >= 4 is 23.2 Å². The lowest BCUT2D eigenvalue weighted by atomic mass is 10.1. The van der Waals surface area contributed by atoms with E-state index in [2.05, 4.69) is 13.8 Å². The molecule has 1 aromatic rings. The molecule has 1 amide bonds. The quantitative estimate of drug-likeness (QED) is 0.826. The molecule has 0 fully saturated rings. The predicted molar refractivity (Wildman–Crippen MR) is 67.7 cm³/mol. The van der Waals surface area contributed by atoms with Crippen LogP contribution in [0.4, 0.5) is 5.69 Å². The number of amides is 1. The molecule has 1 rings (SSSR count). The fraction of sp³-hybridized carbons (Fsp3) is 0.417. The van der Waals surface area contributed by atoms with Crippen LogP contribution in [0.3, 0.4) is 0 Å². The number of nitrogens with two attached hydrogens (primary N) is 1. The van der Waals surface area contributed by atoms with Crippen molar-refractivity contribution in [2.75, 3.05) is 19.3 Å². The highest BCUT2D eigenvalue weighted by atomic mass is 35.5. The normalized spacial score (nSPS) is 10.6. The average molecular weight is 241 g/mol. The summed E-state index contributed by atoms with van der Waals surface area (Å²) >= 11 is 5.85. The van der Waals surface area contributed by atoms with Gasteiger partial charge in [0.05, 0.1) is 0 Å². The van der Waals surface area contributed by atoms with E-state index in [0.29, 0.717) is 28.7 Å². The van der Waals surface area contributed by atoms with Gasteiger partial charge in [0.2, 0.25) is 0 Å². The lowest BCUT2D eigenvalue weighted by molar-refractivity contribution is 0.0779. The minimum Gasteiger partial charge on any atom is -0.399 e. The zero-order valence-corrected chi connectivity index (χ0v) is 10.6. The van der Waals surface area contributed by atoms with Crippen LogP contribution in [0, 0.1) is 5.92 Å². The van der Waals surface area contributed by atoms with E-state index in [4.69, 9.17) is 17.3 Å². The number of carbonyl (C=O) groups excluding carboxylic acids is 1. The smallest absolute Gasteiger partial charge is 0.253 e. The minimum atomic E-state index is -0.0529. The van der Waals surface area contributed by atoms with Crippen LogP contribution < -0.4 is 5.73 Å². The molecule has 0 saturated heterocycles. The van der Waals surface area contributed by atoms with Crippen LogP contribution in [-0.4, -0.2) is 24.4 Å². The van der Waals surface area contributed by atoms with Crippen molar-refractivity contribution in [1.82, 2.24) is 4.90 Å². The Bertz CT molecular complexity index is 370. The topological polar surface area (TPSA) is 46.3 Å². The first kappa shape index (κ1) is 12.8. The van der Waals surface area contributed by atoms with Crippen molar-refractivity contribution in [3.05, 3.63) is 28.8 Å². The molecule has 0 heterocycles. The maximum absolute atomic E-state index is 12.0. The van der Waals surface area contributed by atoms with Crippen molar-refractivity contribution in [2.45, 2.75) is 13.8 Å². The van der Waals surface area contributed by atoms with Crippen molar-refractivity contribution < 1.29 is 4.79 Å². The minimum absolute atomic E-state index is 0.0529. The molecule has 0 unspecified atom stereocenters. The van der Waals surface area contributed by atoms with Crippen LogP contribution in [0.15, 0.2) is 18.2 Å². The van der Waals surface area contributed by atoms with Crippen molar-refractivity contribution in [2.24, 2.45) is 5.92 Å². The summed E-state index contributed by atoms with van der Waals surface area (Å²) in [4.78, 5) is 13.7.